The maximum Gasteiger partial charge on any atom is 0.254 e. The molecular weight excluding hydrogens is 286 g/mol. The van der Waals surface area contributed by atoms with Gasteiger partial charge in [-0.3, -0.25) is 4.79 Å². The second kappa shape index (κ2) is 6.70. The third kappa shape index (κ3) is 3.29. The second-order valence-corrected chi connectivity index (χ2v) is 6.28. The summed E-state index contributed by atoms with van der Waals surface area (Å²) in [6.07, 6.45) is 0. The van der Waals surface area contributed by atoms with Gasteiger partial charge >= 0.3 is 0 Å². The van der Waals surface area contributed by atoms with Gasteiger partial charge in [-0.2, -0.15) is 5.26 Å². The summed E-state index contributed by atoms with van der Waals surface area (Å²) in [4.78, 5) is 18.0. The molecule has 4 nitrogen and oxygen atoms in total. The summed E-state index contributed by atoms with van der Waals surface area (Å²) in [5.74, 6) is 0.0182. The van der Waals surface area contributed by atoms with Gasteiger partial charge in [-0.1, -0.05) is 18.2 Å². The topological polar surface area (TPSA) is 59.9 Å². The van der Waals surface area contributed by atoms with E-state index in [1.165, 1.54) is 0 Å². The molecule has 1 heterocycles. The van der Waals surface area contributed by atoms with E-state index in [1.807, 2.05) is 63.8 Å². The van der Waals surface area contributed by atoms with Crippen LogP contribution in [0.3, 0.4) is 0 Å². The van der Waals surface area contributed by atoms with E-state index in [4.69, 9.17) is 5.26 Å². The smallest absolute Gasteiger partial charge is 0.254 e. The molecule has 23 heavy (non-hydrogen) atoms. The van der Waals surface area contributed by atoms with Crippen molar-refractivity contribution in [3.8, 4) is 17.2 Å². The molecule has 1 amide bonds. The Hall–Kier alpha value is -2.54. The Labute approximate surface area is 137 Å². The molecule has 1 aromatic heterocycles. The molecule has 1 aromatic carbocycles. The van der Waals surface area contributed by atoms with Crippen LogP contribution in [0.1, 0.15) is 49.4 Å². The number of carbonyl (C=O) groups excluding carboxylic acids is 1. The Balaban J connectivity index is 2.55. The van der Waals surface area contributed by atoms with E-state index in [9.17, 15) is 4.79 Å². The highest BCUT2D eigenvalue weighted by Crippen LogP contribution is 2.29. The molecule has 0 saturated heterocycles. The SMILES string of the molecule is Cc1[nH]c(C#N)cc1-c1ccccc1C(=O)N(C(C)C)C(C)C. The minimum Gasteiger partial charge on any atom is -0.350 e. The molecule has 0 aliphatic heterocycles. The molecule has 0 aliphatic carbocycles. The first-order chi connectivity index (χ1) is 10.9. The summed E-state index contributed by atoms with van der Waals surface area (Å²) in [6, 6.07) is 11.7. The minimum absolute atomic E-state index is 0.0182. The zero-order valence-electron chi connectivity index (χ0n) is 14.3. The van der Waals surface area contributed by atoms with Crippen LogP contribution < -0.4 is 0 Å². The lowest BCUT2D eigenvalue weighted by molar-refractivity contribution is 0.0644. The summed E-state index contributed by atoms with van der Waals surface area (Å²) >= 11 is 0. The number of hydrogen-bond acceptors (Lipinski definition) is 2. The van der Waals surface area contributed by atoms with Crippen molar-refractivity contribution in [2.45, 2.75) is 46.7 Å². The summed E-state index contributed by atoms with van der Waals surface area (Å²) in [6.45, 7) is 10.0. The number of nitrogens with one attached hydrogen (secondary N) is 1. The van der Waals surface area contributed by atoms with Crippen molar-refractivity contribution >= 4 is 5.91 Å². The maximum atomic E-state index is 13.1. The van der Waals surface area contributed by atoms with E-state index < -0.39 is 0 Å². The molecule has 0 aliphatic rings. The van der Waals surface area contributed by atoms with E-state index in [0.717, 1.165) is 16.8 Å². The van der Waals surface area contributed by atoms with Crippen LogP contribution in [-0.2, 0) is 0 Å². The molecule has 4 heteroatoms. The first-order valence-corrected chi connectivity index (χ1v) is 7.88. The zero-order chi connectivity index (χ0) is 17.1. The van der Waals surface area contributed by atoms with Gasteiger partial charge in [-0.15, -0.1) is 0 Å². The molecule has 2 aromatic rings. The highest BCUT2D eigenvalue weighted by Gasteiger charge is 2.24. The molecule has 0 unspecified atom stereocenters. The molecule has 0 fully saturated rings. The van der Waals surface area contributed by atoms with Gasteiger partial charge in [-0.25, -0.2) is 0 Å². The molecule has 0 radical (unpaired) electrons. The third-order valence-electron chi connectivity index (χ3n) is 3.93. The molecule has 0 bridgehead atoms. The molecule has 0 atom stereocenters. The minimum atomic E-state index is 0.0182. The number of nitriles is 1. The lowest BCUT2D eigenvalue weighted by Crippen LogP contribution is -2.42. The van der Waals surface area contributed by atoms with Crippen molar-refractivity contribution < 1.29 is 4.79 Å². The van der Waals surface area contributed by atoms with Crippen LogP contribution in [0.2, 0.25) is 0 Å². The quantitative estimate of drug-likeness (QED) is 0.923. The Morgan fingerprint density at radius 1 is 1.13 bits per heavy atom. The van der Waals surface area contributed by atoms with E-state index in [-0.39, 0.29) is 18.0 Å². The zero-order valence-corrected chi connectivity index (χ0v) is 14.3. The Morgan fingerprint density at radius 3 is 2.26 bits per heavy atom. The van der Waals surface area contributed by atoms with Gasteiger partial charge in [0.05, 0.1) is 0 Å². The van der Waals surface area contributed by atoms with Gasteiger partial charge in [0.25, 0.3) is 5.91 Å². The summed E-state index contributed by atoms with van der Waals surface area (Å²) < 4.78 is 0. The molecule has 2 rings (SSSR count). The first kappa shape index (κ1) is 16.8. The van der Waals surface area contributed by atoms with E-state index >= 15 is 0 Å². The van der Waals surface area contributed by atoms with Crippen molar-refractivity contribution in [1.82, 2.24) is 9.88 Å². The van der Waals surface area contributed by atoms with Gasteiger partial charge in [0.1, 0.15) is 11.8 Å². The van der Waals surface area contributed by atoms with E-state index in [0.29, 0.717) is 11.3 Å². The van der Waals surface area contributed by atoms with Crippen LogP contribution in [0.15, 0.2) is 30.3 Å². The fourth-order valence-electron chi connectivity index (χ4n) is 3.01. The van der Waals surface area contributed by atoms with Crippen LogP contribution in [0.4, 0.5) is 0 Å². The molecular formula is C19H23N3O. The number of carbonyl (C=O) groups is 1. The fourth-order valence-corrected chi connectivity index (χ4v) is 3.01. The van der Waals surface area contributed by atoms with E-state index in [1.54, 1.807) is 6.07 Å². The molecule has 120 valence electrons. The predicted molar refractivity (Wildman–Crippen MR) is 92.1 cm³/mol. The maximum absolute atomic E-state index is 13.1. The second-order valence-electron chi connectivity index (χ2n) is 6.28. The average Bonchev–Trinajstić information content (AvgIpc) is 2.87. The van der Waals surface area contributed by atoms with Crippen LogP contribution in [0, 0.1) is 18.3 Å². The number of aryl methyl sites for hydroxylation is 1. The van der Waals surface area contributed by atoms with Crippen molar-refractivity contribution in [3.05, 3.63) is 47.3 Å². The number of H-pyrrole nitrogens is 1. The Kier molecular flexibility index (Phi) is 4.90. The third-order valence-corrected chi connectivity index (χ3v) is 3.93. The van der Waals surface area contributed by atoms with Crippen LogP contribution in [0.25, 0.3) is 11.1 Å². The highest BCUT2D eigenvalue weighted by atomic mass is 16.2. The monoisotopic (exact) mass is 309 g/mol. The number of rotatable bonds is 4. The van der Waals surface area contributed by atoms with Crippen LogP contribution in [-0.4, -0.2) is 27.9 Å². The standard InChI is InChI=1S/C19H23N3O/c1-12(2)22(13(3)4)19(23)17-9-7-6-8-16(17)18-10-15(11-20)21-14(18)5/h6-10,12-13,21H,1-5H3. The highest BCUT2D eigenvalue weighted by molar-refractivity contribution is 6.01. The van der Waals surface area contributed by atoms with E-state index in [2.05, 4.69) is 11.1 Å². The van der Waals surface area contributed by atoms with Crippen molar-refractivity contribution in [2.75, 3.05) is 0 Å². The van der Waals surface area contributed by atoms with Crippen molar-refractivity contribution in [2.24, 2.45) is 0 Å². The summed E-state index contributed by atoms with van der Waals surface area (Å²) in [5.41, 5.74) is 3.82. The number of aromatic amines is 1. The lowest BCUT2D eigenvalue weighted by atomic mass is 9.98. The van der Waals surface area contributed by atoms with Gasteiger partial charge in [0.2, 0.25) is 0 Å². The Morgan fingerprint density at radius 2 is 1.74 bits per heavy atom. The number of amides is 1. The molecule has 1 N–H and O–H groups in total. The normalized spacial score (nSPS) is 10.9. The number of nitrogens with zero attached hydrogens (tertiary/aromatic N) is 2. The number of hydrogen-bond donors (Lipinski definition) is 1. The summed E-state index contributed by atoms with van der Waals surface area (Å²) in [7, 11) is 0. The number of benzene rings is 1. The number of aromatic nitrogens is 1. The van der Waals surface area contributed by atoms with Crippen LogP contribution >= 0.6 is 0 Å². The first-order valence-electron chi connectivity index (χ1n) is 7.88. The van der Waals surface area contributed by atoms with Crippen molar-refractivity contribution in [3.63, 3.8) is 0 Å². The van der Waals surface area contributed by atoms with Gasteiger partial charge < -0.3 is 9.88 Å². The molecule has 0 spiro atoms. The predicted octanol–water partition coefficient (Wildman–Crippen LogP) is 4.12. The largest absolute Gasteiger partial charge is 0.350 e. The van der Waals surface area contributed by atoms with Crippen molar-refractivity contribution in [1.29, 1.82) is 5.26 Å². The lowest BCUT2D eigenvalue weighted by Gasteiger charge is -2.31. The fraction of sp³-hybridized carbons (Fsp3) is 0.368. The van der Waals surface area contributed by atoms with Gasteiger partial charge in [0.15, 0.2) is 0 Å². The van der Waals surface area contributed by atoms with Crippen LogP contribution in [0.5, 0.6) is 0 Å². The average molecular weight is 309 g/mol. The van der Waals surface area contributed by atoms with Gasteiger partial charge in [-0.05, 0) is 52.3 Å². The molecule has 0 saturated carbocycles. The summed E-state index contributed by atoms with van der Waals surface area (Å²) in [5, 5.41) is 9.08. The van der Waals surface area contributed by atoms with Gasteiger partial charge in [0, 0.05) is 28.9 Å². The Bertz CT molecular complexity index is 742.